The second kappa shape index (κ2) is 5.31. The van der Waals surface area contributed by atoms with Crippen molar-refractivity contribution in [3.8, 4) is 0 Å². The van der Waals surface area contributed by atoms with Gasteiger partial charge in [-0.3, -0.25) is 4.79 Å². The summed E-state index contributed by atoms with van der Waals surface area (Å²) in [4.78, 5) is 12.3. The van der Waals surface area contributed by atoms with Gasteiger partial charge in [0.15, 0.2) is 0 Å². The molecule has 3 N–H and O–H groups in total. The number of carbonyl (C=O) groups excluding carboxylic acids is 1. The molecule has 1 saturated carbocycles. The molecule has 0 aromatic rings. The van der Waals surface area contributed by atoms with Crippen molar-refractivity contribution in [3.05, 3.63) is 0 Å². The fourth-order valence-electron chi connectivity index (χ4n) is 1.67. The smallest absolute Gasteiger partial charge is 0.233 e. The van der Waals surface area contributed by atoms with Crippen LogP contribution in [0, 0.1) is 10.8 Å². The van der Waals surface area contributed by atoms with Gasteiger partial charge in [0.25, 0.3) is 0 Å². The molecule has 0 heterocycles. The first-order valence-corrected chi connectivity index (χ1v) is 6.32. The van der Waals surface area contributed by atoms with E-state index in [1.165, 1.54) is 0 Å². The van der Waals surface area contributed by atoms with Gasteiger partial charge in [0, 0.05) is 20.3 Å². The maximum absolute atomic E-state index is 12.0. The molecular formula is C12H22N2O2S. The predicted molar refractivity (Wildman–Crippen MR) is 71.7 cm³/mol. The van der Waals surface area contributed by atoms with Crippen molar-refractivity contribution in [3.63, 3.8) is 0 Å². The third-order valence-electron chi connectivity index (χ3n) is 3.37. The average molecular weight is 258 g/mol. The number of hydrogen-bond acceptors (Lipinski definition) is 3. The lowest BCUT2D eigenvalue weighted by molar-refractivity contribution is -0.124. The van der Waals surface area contributed by atoms with E-state index >= 15 is 0 Å². The average Bonchev–Trinajstić information content (AvgIpc) is 3.04. The van der Waals surface area contributed by atoms with E-state index in [1.807, 2.05) is 0 Å². The lowest BCUT2D eigenvalue weighted by Crippen LogP contribution is -2.43. The summed E-state index contributed by atoms with van der Waals surface area (Å²) < 4.78 is 5.05. The van der Waals surface area contributed by atoms with E-state index in [4.69, 9.17) is 22.7 Å². The van der Waals surface area contributed by atoms with Crippen LogP contribution < -0.4 is 11.1 Å². The molecule has 0 atom stereocenters. The number of rotatable bonds is 7. The highest BCUT2D eigenvalue weighted by molar-refractivity contribution is 7.80. The zero-order valence-corrected chi connectivity index (χ0v) is 11.7. The minimum atomic E-state index is -0.549. The number of carbonyl (C=O) groups is 1. The predicted octanol–water partition coefficient (Wildman–Crippen LogP) is 1.23. The second-order valence-electron chi connectivity index (χ2n) is 5.54. The molecule has 4 nitrogen and oxygen atoms in total. The van der Waals surface area contributed by atoms with E-state index in [1.54, 1.807) is 7.11 Å². The van der Waals surface area contributed by atoms with Gasteiger partial charge < -0.3 is 15.8 Å². The van der Waals surface area contributed by atoms with E-state index < -0.39 is 5.41 Å². The van der Waals surface area contributed by atoms with Crippen LogP contribution in [-0.4, -0.2) is 31.2 Å². The molecule has 0 unspecified atom stereocenters. The Morgan fingerprint density at radius 1 is 1.53 bits per heavy atom. The first kappa shape index (κ1) is 14.4. The molecule has 0 bridgehead atoms. The highest BCUT2D eigenvalue weighted by Gasteiger charge is 2.52. The lowest BCUT2D eigenvalue weighted by Gasteiger charge is -2.25. The summed E-state index contributed by atoms with van der Waals surface area (Å²) >= 11 is 4.94. The molecule has 0 aliphatic heterocycles. The minimum absolute atomic E-state index is 0.0181. The SMILES string of the molecule is COCCC(C)(C)CNC(=O)C1(C(N)=S)CC1. The summed E-state index contributed by atoms with van der Waals surface area (Å²) in [6.45, 7) is 5.53. The van der Waals surface area contributed by atoms with Gasteiger partial charge in [-0.15, -0.1) is 0 Å². The Morgan fingerprint density at radius 2 is 2.12 bits per heavy atom. The zero-order chi connectivity index (χ0) is 13.1. The van der Waals surface area contributed by atoms with Gasteiger partial charge in [-0.2, -0.15) is 0 Å². The second-order valence-corrected chi connectivity index (χ2v) is 5.98. The first-order valence-electron chi connectivity index (χ1n) is 5.91. The van der Waals surface area contributed by atoms with Gasteiger partial charge in [-0.25, -0.2) is 0 Å². The van der Waals surface area contributed by atoms with Crippen LogP contribution >= 0.6 is 12.2 Å². The van der Waals surface area contributed by atoms with E-state index in [9.17, 15) is 4.79 Å². The number of nitrogens with two attached hydrogens (primary N) is 1. The number of amides is 1. The molecule has 1 amide bonds. The van der Waals surface area contributed by atoms with Gasteiger partial charge in [-0.05, 0) is 24.7 Å². The summed E-state index contributed by atoms with van der Waals surface area (Å²) in [6.07, 6.45) is 2.48. The number of ether oxygens (including phenoxy) is 1. The summed E-state index contributed by atoms with van der Waals surface area (Å²) in [7, 11) is 1.68. The molecule has 0 radical (unpaired) electrons. The minimum Gasteiger partial charge on any atom is -0.392 e. The topological polar surface area (TPSA) is 64.3 Å². The summed E-state index contributed by atoms with van der Waals surface area (Å²) in [5.41, 5.74) is 5.08. The third-order valence-corrected chi connectivity index (χ3v) is 3.76. The maximum Gasteiger partial charge on any atom is 0.233 e. The first-order chi connectivity index (χ1) is 7.84. The van der Waals surface area contributed by atoms with Crippen molar-refractivity contribution in [2.75, 3.05) is 20.3 Å². The largest absolute Gasteiger partial charge is 0.392 e. The van der Waals surface area contributed by atoms with Crippen LogP contribution in [0.5, 0.6) is 0 Å². The van der Waals surface area contributed by atoms with Crippen LogP contribution in [0.15, 0.2) is 0 Å². The molecule has 1 aliphatic carbocycles. The third kappa shape index (κ3) is 3.64. The molecular weight excluding hydrogens is 236 g/mol. The van der Waals surface area contributed by atoms with Crippen molar-refractivity contribution in [1.82, 2.24) is 5.32 Å². The Bertz CT molecular complexity index is 312. The molecule has 1 fully saturated rings. The Morgan fingerprint density at radius 3 is 2.53 bits per heavy atom. The summed E-state index contributed by atoms with van der Waals surface area (Å²) in [5.74, 6) is -0.0181. The normalized spacial score (nSPS) is 17.6. The van der Waals surface area contributed by atoms with Crippen molar-refractivity contribution >= 4 is 23.1 Å². The molecule has 0 saturated heterocycles. The van der Waals surface area contributed by atoms with Gasteiger partial charge in [0.2, 0.25) is 5.91 Å². The van der Waals surface area contributed by atoms with Gasteiger partial charge in [0.1, 0.15) is 0 Å². The van der Waals surface area contributed by atoms with Crippen molar-refractivity contribution in [1.29, 1.82) is 0 Å². The van der Waals surface area contributed by atoms with Crippen LogP contribution in [0.3, 0.4) is 0 Å². The van der Waals surface area contributed by atoms with Crippen LogP contribution in [0.1, 0.15) is 33.1 Å². The lowest BCUT2D eigenvalue weighted by atomic mass is 9.89. The van der Waals surface area contributed by atoms with Gasteiger partial charge >= 0.3 is 0 Å². The molecule has 1 aliphatic rings. The highest BCUT2D eigenvalue weighted by atomic mass is 32.1. The Balaban J connectivity index is 2.40. The monoisotopic (exact) mass is 258 g/mol. The molecule has 0 aromatic carbocycles. The fraction of sp³-hybridized carbons (Fsp3) is 0.833. The van der Waals surface area contributed by atoms with Gasteiger partial charge in [-0.1, -0.05) is 26.1 Å². The number of methoxy groups -OCH3 is 1. The van der Waals surface area contributed by atoms with E-state index in [-0.39, 0.29) is 11.3 Å². The number of thiocarbonyl (C=S) groups is 1. The molecule has 1 rings (SSSR count). The molecule has 0 spiro atoms. The molecule has 98 valence electrons. The van der Waals surface area contributed by atoms with Crippen LogP contribution in [0.4, 0.5) is 0 Å². The van der Waals surface area contributed by atoms with E-state index in [0.717, 1.165) is 19.3 Å². The van der Waals surface area contributed by atoms with E-state index in [2.05, 4.69) is 19.2 Å². The molecule has 5 heteroatoms. The standard InChI is InChI=1S/C12H22N2O2S/c1-11(2,6-7-16-3)8-14-10(15)12(4-5-12)9(13)17/h4-8H2,1-3H3,(H2,13,17)(H,14,15). The Labute approximate surface area is 108 Å². The van der Waals surface area contributed by atoms with Crippen LogP contribution in [0.25, 0.3) is 0 Å². The van der Waals surface area contributed by atoms with Crippen molar-refractivity contribution in [2.45, 2.75) is 33.1 Å². The zero-order valence-electron chi connectivity index (χ0n) is 10.8. The maximum atomic E-state index is 12.0. The van der Waals surface area contributed by atoms with Crippen LogP contribution in [-0.2, 0) is 9.53 Å². The quantitative estimate of drug-likeness (QED) is 0.674. The molecule has 17 heavy (non-hydrogen) atoms. The highest BCUT2D eigenvalue weighted by Crippen LogP contribution is 2.46. The van der Waals surface area contributed by atoms with E-state index in [0.29, 0.717) is 18.1 Å². The fourth-order valence-corrected chi connectivity index (χ4v) is 1.96. The van der Waals surface area contributed by atoms with Crippen LogP contribution in [0.2, 0.25) is 0 Å². The number of nitrogens with one attached hydrogen (secondary N) is 1. The van der Waals surface area contributed by atoms with Crippen molar-refractivity contribution < 1.29 is 9.53 Å². The summed E-state index contributed by atoms with van der Waals surface area (Å²) in [6, 6.07) is 0. The Kier molecular flexibility index (Phi) is 4.49. The summed E-state index contributed by atoms with van der Waals surface area (Å²) in [5, 5.41) is 2.95. The number of hydrogen-bond donors (Lipinski definition) is 2. The Hall–Kier alpha value is -0.680. The van der Waals surface area contributed by atoms with Gasteiger partial charge in [0.05, 0.1) is 10.4 Å². The van der Waals surface area contributed by atoms with Crippen molar-refractivity contribution in [2.24, 2.45) is 16.6 Å². The molecule has 0 aromatic heterocycles.